The van der Waals surface area contributed by atoms with Crippen molar-refractivity contribution < 1.29 is 5.11 Å². The van der Waals surface area contributed by atoms with Crippen LogP contribution in [-0.2, 0) is 0 Å². The van der Waals surface area contributed by atoms with Gasteiger partial charge >= 0.3 is 0 Å². The van der Waals surface area contributed by atoms with E-state index in [9.17, 15) is 5.11 Å². The fourth-order valence-corrected chi connectivity index (χ4v) is 0.725. The highest BCUT2D eigenvalue weighted by Crippen LogP contribution is 2.04. The number of nitrogens with zero attached hydrogens (tertiary/aromatic N) is 3. The largest absolute Gasteiger partial charge is 0.374 e. The predicted octanol–water partition coefficient (Wildman–Crippen LogP) is -0.824. The van der Waals surface area contributed by atoms with E-state index in [2.05, 4.69) is 20.3 Å². The van der Waals surface area contributed by atoms with Crippen molar-refractivity contribution in [1.29, 1.82) is 0 Å². The van der Waals surface area contributed by atoms with E-state index < -0.39 is 6.23 Å². The molecule has 0 fully saturated rings. The maximum Gasteiger partial charge on any atom is 0.231 e. The second-order valence-electron chi connectivity index (χ2n) is 2.44. The zero-order valence-corrected chi connectivity index (χ0v) is 7.23. The Morgan fingerprint density at radius 3 is 2.31 bits per heavy atom. The van der Waals surface area contributed by atoms with Gasteiger partial charge < -0.3 is 21.9 Å². The molecule has 7 nitrogen and oxygen atoms in total. The first kappa shape index (κ1) is 9.46. The molecule has 0 aromatic carbocycles. The highest BCUT2D eigenvalue weighted by atomic mass is 16.3. The lowest BCUT2D eigenvalue weighted by Gasteiger charge is -2.09. The third-order valence-corrected chi connectivity index (χ3v) is 1.35. The van der Waals surface area contributed by atoms with Gasteiger partial charge in [0, 0.05) is 0 Å². The Kier molecular flexibility index (Phi) is 2.80. The Labute approximate surface area is 75.2 Å². The summed E-state index contributed by atoms with van der Waals surface area (Å²) in [5, 5.41) is 11.8. The van der Waals surface area contributed by atoms with E-state index >= 15 is 0 Å². The summed E-state index contributed by atoms with van der Waals surface area (Å²) in [7, 11) is 0. The SMILES string of the molecule is CCC(O)Nc1nc(N)nc(N)n1. The van der Waals surface area contributed by atoms with E-state index in [1.165, 1.54) is 0 Å². The summed E-state index contributed by atoms with van der Waals surface area (Å²) in [6.07, 6.45) is -0.174. The molecular weight excluding hydrogens is 172 g/mol. The van der Waals surface area contributed by atoms with E-state index in [4.69, 9.17) is 11.5 Å². The molecule has 72 valence electrons. The third kappa shape index (κ3) is 2.71. The first-order chi connectivity index (χ1) is 6.11. The molecule has 0 aliphatic heterocycles. The molecule has 1 aromatic heterocycles. The van der Waals surface area contributed by atoms with Crippen molar-refractivity contribution in [1.82, 2.24) is 15.0 Å². The van der Waals surface area contributed by atoms with Crippen molar-refractivity contribution in [3.63, 3.8) is 0 Å². The van der Waals surface area contributed by atoms with Crippen molar-refractivity contribution in [2.45, 2.75) is 19.6 Å². The van der Waals surface area contributed by atoms with Gasteiger partial charge in [-0.25, -0.2) is 0 Å². The van der Waals surface area contributed by atoms with Gasteiger partial charge in [0.05, 0.1) is 0 Å². The molecule has 1 aromatic rings. The quantitative estimate of drug-likeness (QED) is 0.452. The monoisotopic (exact) mass is 184 g/mol. The Morgan fingerprint density at radius 1 is 1.31 bits per heavy atom. The molecule has 0 aliphatic rings. The number of hydrogen-bond donors (Lipinski definition) is 4. The van der Waals surface area contributed by atoms with Crippen molar-refractivity contribution in [3.05, 3.63) is 0 Å². The van der Waals surface area contributed by atoms with Crippen LogP contribution in [0.1, 0.15) is 13.3 Å². The van der Waals surface area contributed by atoms with E-state index in [1.54, 1.807) is 0 Å². The molecule has 0 bridgehead atoms. The number of aromatic nitrogens is 3. The maximum absolute atomic E-state index is 9.20. The molecule has 0 spiro atoms. The summed E-state index contributed by atoms with van der Waals surface area (Å²) in [5.74, 6) is 0.232. The lowest BCUT2D eigenvalue weighted by molar-refractivity contribution is 0.198. The lowest BCUT2D eigenvalue weighted by atomic mass is 10.4. The average molecular weight is 184 g/mol. The second-order valence-corrected chi connectivity index (χ2v) is 2.44. The number of rotatable bonds is 3. The highest BCUT2D eigenvalue weighted by molar-refractivity contribution is 5.37. The molecule has 1 unspecified atom stereocenters. The van der Waals surface area contributed by atoms with Gasteiger partial charge in [-0.05, 0) is 6.42 Å². The molecule has 1 rings (SSSR count). The van der Waals surface area contributed by atoms with Crippen molar-refractivity contribution >= 4 is 17.8 Å². The summed E-state index contributed by atoms with van der Waals surface area (Å²) in [6, 6.07) is 0. The van der Waals surface area contributed by atoms with Gasteiger partial charge in [-0.3, -0.25) is 0 Å². The van der Waals surface area contributed by atoms with Crippen molar-refractivity contribution in [3.8, 4) is 0 Å². The Balaban J connectivity index is 2.77. The highest BCUT2D eigenvalue weighted by Gasteiger charge is 2.04. The summed E-state index contributed by atoms with van der Waals surface area (Å²) < 4.78 is 0. The molecule has 1 atom stereocenters. The van der Waals surface area contributed by atoms with Gasteiger partial charge in [0.1, 0.15) is 6.23 Å². The number of aliphatic hydroxyl groups excluding tert-OH is 1. The van der Waals surface area contributed by atoms with Gasteiger partial charge in [0.2, 0.25) is 17.8 Å². The molecular formula is C6H12N6O. The summed E-state index contributed by atoms with van der Waals surface area (Å²) in [4.78, 5) is 11.0. The molecule has 0 radical (unpaired) electrons. The van der Waals surface area contributed by atoms with Crippen LogP contribution in [0.5, 0.6) is 0 Å². The maximum atomic E-state index is 9.20. The van der Waals surface area contributed by atoms with Crippen LogP contribution < -0.4 is 16.8 Å². The summed E-state index contributed by atoms with van der Waals surface area (Å²) in [5.41, 5.74) is 10.6. The lowest BCUT2D eigenvalue weighted by Crippen LogP contribution is -2.20. The van der Waals surface area contributed by atoms with E-state index in [-0.39, 0.29) is 17.8 Å². The first-order valence-electron chi connectivity index (χ1n) is 3.83. The van der Waals surface area contributed by atoms with Gasteiger partial charge in [0.15, 0.2) is 0 Å². The Morgan fingerprint density at radius 2 is 1.85 bits per heavy atom. The molecule has 0 saturated carbocycles. The minimum atomic E-state index is -0.707. The van der Waals surface area contributed by atoms with Gasteiger partial charge in [-0.15, -0.1) is 0 Å². The minimum absolute atomic E-state index is 0.0262. The Bertz CT molecular complexity index is 270. The van der Waals surface area contributed by atoms with Crippen molar-refractivity contribution in [2.75, 3.05) is 16.8 Å². The van der Waals surface area contributed by atoms with Crippen LogP contribution in [0.3, 0.4) is 0 Å². The predicted molar refractivity (Wildman–Crippen MR) is 48.6 cm³/mol. The number of nitrogens with one attached hydrogen (secondary N) is 1. The standard InChI is InChI=1S/C6H12N6O/c1-2-3(13)9-6-11-4(7)10-5(8)12-6/h3,13H,2H2,1H3,(H5,7,8,9,10,11,12). The number of anilines is 3. The molecule has 1 heterocycles. The fourth-order valence-electron chi connectivity index (χ4n) is 0.725. The average Bonchev–Trinajstić information content (AvgIpc) is 2.02. The van der Waals surface area contributed by atoms with Gasteiger partial charge in [-0.2, -0.15) is 15.0 Å². The van der Waals surface area contributed by atoms with Crippen LogP contribution in [0.15, 0.2) is 0 Å². The van der Waals surface area contributed by atoms with Crippen LogP contribution in [0.4, 0.5) is 17.8 Å². The topological polar surface area (TPSA) is 123 Å². The zero-order valence-electron chi connectivity index (χ0n) is 7.23. The van der Waals surface area contributed by atoms with E-state index in [1.807, 2.05) is 6.92 Å². The minimum Gasteiger partial charge on any atom is -0.374 e. The van der Waals surface area contributed by atoms with E-state index in [0.717, 1.165) is 0 Å². The number of nitrogens with two attached hydrogens (primary N) is 2. The molecule has 0 amide bonds. The number of nitrogen functional groups attached to an aromatic ring is 2. The van der Waals surface area contributed by atoms with Crippen LogP contribution >= 0.6 is 0 Å². The Hall–Kier alpha value is -1.63. The van der Waals surface area contributed by atoms with Gasteiger partial charge in [0.25, 0.3) is 0 Å². The third-order valence-electron chi connectivity index (χ3n) is 1.35. The summed E-state index contributed by atoms with van der Waals surface area (Å²) >= 11 is 0. The fraction of sp³-hybridized carbons (Fsp3) is 0.500. The molecule has 0 aliphatic carbocycles. The molecule has 13 heavy (non-hydrogen) atoms. The van der Waals surface area contributed by atoms with Crippen LogP contribution in [0.2, 0.25) is 0 Å². The van der Waals surface area contributed by atoms with Crippen LogP contribution in [-0.4, -0.2) is 26.3 Å². The first-order valence-corrected chi connectivity index (χ1v) is 3.83. The molecule has 6 N–H and O–H groups in total. The normalized spacial score (nSPS) is 12.5. The summed E-state index contributed by atoms with van der Waals surface area (Å²) in [6.45, 7) is 1.81. The van der Waals surface area contributed by atoms with Gasteiger partial charge in [-0.1, -0.05) is 6.92 Å². The zero-order chi connectivity index (χ0) is 9.84. The molecule has 0 saturated heterocycles. The molecule has 7 heteroatoms. The van der Waals surface area contributed by atoms with Crippen molar-refractivity contribution in [2.24, 2.45) is 0 Å². The second kappa shape index (κ2) is 3.85. The number of hydrogen-bond acceptors (Lipinski definition) is 7. The van der Waals surface area contributed by atoms with E-state index in [0.29, 0.717) is 6.42 Å². The smallest absolute Gasteiger partial charge is 0.231 e. The van der Waals surface area contributed by atoms with Crippen LogP contribution in [0.25, 0.3) is 0 Å². The van der Waals surface area contributed by atoms with Crippen LogP contribution in [0, 0.1) is 0 Å². The number of aliphatic hydroxyl groups is 1.